The summed E-state index contributed by atoms with van der Waals surface area (Å²) in [6.45, 7) is 0.499. The molecule has 0 saturated carbocycles. The first-order chi connectivity index (χ1) is 8.71. The predicted molar refractivity (Wildman–Crippen MR) is 68.1 cm³/mol. The van der Waals surface area contributed by atoms with E-state index in [4.69, 9.17) is 14.6 Å². The van der Waals surface area contributed by atoms with Crippen molar-refractivity contribution in [1.29, 1.82) is 0 Å². The molecule has 0 aromatic heterocycles. The molecule has 0 radical (unpaired) electrons. The van der Waals surface area contributed by atoms with Crippen LogP contribution in [0, 0.1) is 0 Å². The van der Waals surface area contributed by atoms with Gasteiger partial charge in [-0.25, -0.2) is 0 Å². The fourth-order valence-corrected chi connectivity index (χ4v) is 1.39. The third kappa shape index (κ3) is 4.23. The minimum absolute atomic E-state index is 0.00421. The van der Waals surface area contributed by atoms with E-state index in [1.165, 1.54) is 7.11 Å². The van der Waals surface area contributed by atoms with Crippen molar-refractivity contribution in [3.8, 4) is 11.5 Å². The van der Waals surface area contributed by atoms with E-state index in [0.717, 1.165) is 0 Å². The number of amides is 1. The Kier molecular flexibility index (Phi) is 5.96. The summed E-state index contributed by atoms with van der Waals surface area (Å²) in [6.07, 6.45) is 0. The molecule has 1 rings (SSSR count). The first kappa shape index (κ1) is 14.3. The van der Waals surface area contributed by atoms with Crippen molar-refractivity contribution in [3.05, 3.63) is 18.2 Å². The first-order valence-electron chi connectivity index (χ1n) is 5.54. The maximum absolute atomic E-state index is 11.6. The van der Waals surface area contributed by atoms with Crippen molar-refractivity contribution in [2.24, 2.45) is 0 Å². The normalized spacial score (nSPS) is 9.94. The standard InChI is InChI=1S/C12H18N2O4/c1-17-9-3-4-11(18-2)10(7-9)14-12(16)8-13-5-6-15/h3-4,7,13,15H,5-6,8H2,1-2H3,(H,14,16). The van der Waals surface area contributed by atoms with Crippen LogP contribution in [0.2, 0.25) is 0 Å². The highest BCUT2D eigenvalue weighted by Crippen LogP contribution is 2.28. The Hall–Kier alpha value is -1.79. The van der Waals surface area contributed by atoms with E-state index in [1.54, 1.807) is 25.3 Å². The van der Waals surface area contributed by atoms with E-state index in [9.17, 15) is 4.79 Å². The second kappa shape index (κ2) is 7.52. The molecular formula is C12H18N2O4. The molecule has 100 valence electrons. The van der Waals surface area contributed by atoms with Gasteiger partial charge in [0.05, 0.1) is 33.1 Å². The number of aliphatic hydroxyl groups is 1. The van der Waals surface area contributed by atoms with Crippen LogP contribution in [-0.4, -0.2) is 44.9 Å². The number of benzene rings is 1. The van der Waals surface area contributed by atoms with Crippen LogP contribution in [0.25, 0.3) is 0 Å². The minimum atomic E-state index is -0.213. The van der Waals surface area contributed by atoms with Gasteiger partial charge < -0.3 is 25.2 Å². The van der Waals surface area contributed by atoms with Crippen LogP contribution in [-0.2, 0) is 4.79 Å². The van der Waals surface area contributed by atoms with Crippen LogP contribution in [0.5, 0.6) is 11.5 Å². The van der Waals surface area contributed by atoms with Gasteiger partial charge in [0.25, 0.3) is 0 Å². The lowest BCUT2D eigenvalue weighted by Crippen LogP contribution is -2.30. The number of hydrogen-bond acceptors (Lipinski definition) is 5. The molecule has 0 atom stereocenters. The summed E-state index contributed by atoms with van der Waals surface area (Å²) in [6, 6.07) is 5.15. The summed E-state index contributed by atoms with van der Waals surface area (Å²) in [4.78, 5) is 11.6. The van der Waals surface area contributed by atoms with Gasteiger partial charge in [-0.1, -0.05) is 0 Å². The van der Waals surface area contributed by atoms with Gasteiger partial charge >= 0.3 is 0 Å². The molecule has 0 aliphatic carbocycles. The monoisotopic (exact) mass is 254 g/mol. The number of carbonyl (C=O) groups excluding carboxylic acids is 1. The lowest BCUT2D eigenvalue weighted by Gasteiger charge is -2.11. The molecule has 1 aromatic rings. The van der Waals surface area contributed by atoms with Crippen molar-refractivity contribution in [1.82, 2.24) is 5.32 Å². The number of hydrogen-bond donors (Lipinski definition) is 3. The van der Waals surface area contributed by atoms with Crippen molar-refractivity contribution in [3.63, 3.8) is 0 Å². The Balaban J connectivity index is 2.66. The zero-order chi connectivity index (χ0) is 13.4. The number of nitrogens with one attached hydrogen (secondary N) is 2. The van der Waals surface area contributed by atoms with Crippen molar-refractivity contribution >= 4 is 11.6 Å². The van der Waals surface area contributed by atoms with Gasteiger partial charge in [0.15, 0.2) is 0 Å². The maximum atomic E-state index is 11.6. The minimum Gasteiger partial charge on any atom is -0.497 e. The molecule has 0 aliphatic heterocycles. The topological polar surface area (TPSA) is 79.8 Å². The summed E-state index contributed by atoms with van der Waals surface area (Å²) in [5, 5.41) is 14.1. The van der Waals surface area contributed by atoms with Crippen molar-refractivity contribution < 1.29 is 19.4 Å². The van der Waals surface area contributed by atoms with E-state index >= 15 is 0 Å². The van der Waals surface area contributed by atoms with Gasteiger partial charge in [-0.2, -0.15) is 0 Å². The molecule has 18 heavy (non-hydrogen) atoms. The summed E-state index contributed by atoms with van der Waals surface area (Å²) in [7, 11) is 3.08. The number of methoxy groups -OCH3 is 2. The smallest absolute Gasteiger partial charge is 0.238 e. The predicted octanol–water partition coefficient (Wildman–Crippen LogP) is 0.224. The molecule has 6 nitrogen and oxygen atoms in total. The SMILES string of the molecule is COc1ccc(OC)c(NC(=O)CNCCO)c1. The second-order valence-electron chi connectivity index (χ2n) is 3.51. The summed E-state index contributed by atoms with van der Waals surface area (Å²) >= 11 is 0. The molecule has 3 N–H and O–H groups in total. The Morgan fingerprint density at radius 3 is 2.72 bits per heavy atom. The van der Waals surface area contributed by atoms with E-state index in [-0.39, 0.29) is 19.1 Å². The Bertz CT molecular complexity index is 396. The van der Waals surface area contributed by atoms with Gasteiger partial charge in [-0.05, 0) is 12.1 Å². The Morgan fingerprint density at radius 1 is 1.33 bits per heavy atom. The van der Waals surface area contributed by atoms with Crippen LogP contribution in [0.1, 0.15) is 0 Å². The number of aliphatic hydroxyl groups excluding tert-OH is 1. The number of carbonyl (C=O) groups is 1. The van der Waals surface area contributed by atoms with E-state index < -0.39 is 0 Å². The summed E-state index contributed by atoms with van der Waals surface area (Å²) in [5.74, 6) is 0.982. The van der Waals surface area contributed by atoms with Crippen LogP contribution < -0.4 is 20.1 Å². The number of anilines is 1. The molecule has 0 spiro atoms. The summed E-state index contributed by atoms with van der Waals surface area (Å²) in [5.41, 5.74) is 0.549. The number of ether oxygens (including phenoxy) is 2. The zero-order valence-electron chi connectivity index (χ0n) is 10.5. The summed E-state index contributed by atoms with van der Waals surface area (Å²) < 4.78 is 10.2. The van der Waals surface area contributed by atoms with Crippen molar-refractivity contribution in [2.45, 2.75) is 0 Å². The highest BCUT2D eigenvalue weighted by Gasteiger charge is 2.08. The molecule has 6 heteroatoms. The second-order valence-corrected chi connectivity index (χ2v) is 3.51. The van der Waals surface area contributed by atoms with Gasteiger partial charge in [0, 0.05) is 12.6 Å². The molecule has 0 saturated heterocycles. The molecule has 1 amide bonds. The van der Waals surface area contributed by atoms with Crippen LogP contribution in [0.4, 0.5) is 5.69 Å². The first-order valence-corrected chi connectivity index (χ1v) is 5.54. The fraction of sp³-hybridized carbons (Fsp3) is 0.417. The molecule has 0 heterocycles. The van der Waals surface area contributed by atoms with Gasteiger partial charge in [0.1, 0.15) is 11.5 Å². The van der Waals surface area contributed by atoms with Gasteiger partial charge in [0.2, 0.25) is 5.91 Å². The van der Waals surface area contributed by atoms with Crippen LogP contribution in [0.15, 0.2) is 18.2 Å². The third-order valence-electron chi connectivity index (χ3n) is 2.25. The maximum Gasteiger partial charge on any atom is 0.238 e. The average Bonchev–Trinajstić information content (AvgIpc) is 2.39. The highest BCUT2D eigenvalue weighted by molar-refractivity contribution is 5.93. The molecule has 0 aliphatic rings. The van der Waals surface area contributed by atoms with E-state index in [2.05, 4.69) is 10.6 Å². The fourth-order valence-electron chi connectivity index (χ4n) is 1.39. The van der Waals surface area contributed by atoms with Crippen LogP contribution >= 0.6 is 0 Å². The van der Waals surface area contributed by atoms with Gasteiger partial charge in [-0.15, -0.1) is 0 Å². The Labute approximate surface area is 106 Å². The molecule has 0 unspecified atom stereocenters. The van der Waals surface area contributed by atoms with E-state index in [0.29, 0.717) is 23.7 Å². The highest BCUT2D eigenvalue weighted by atomic mass is 16.5. The van der Waals surface area contributed by atoms with Crippen LogP contribution in [0.3, 0.4) is 0 Å². The lowest BCUT2D eigenvalue weighted by atomic mass is 10.2. The molecule has 0 bridgehead atoms. The molecule has 1 aromatic carbocycles. The molecule has 0 fully saturated rings. The van der Waals surface area contributed by atoms with Crippen molar-refractivity contribution in [2.75, 3.05) is 39.2 Å². The average molecular weight is 254 g/mol. The lowest BCUT2D eigenvalue weighted by molar-refractivity contribution is -0.115. The largest absolute Gasteiger partial charge is 0.497 e. The van der Waals surface area contributed by atoms with Gasteiger partial charge in [-0.3, -0.25) is 4.79 Å². The zero-order valence-corrected chi connectivity index (χ0v) is 10.5. The third-order valence-corrected chi connectivity index (χ3v) is 2.25. The molecular weight excluding hydrogens is 236 g/mol. The van der Waals surface area contributed by atoms with E-state index in [1.807, 2.05) is 0 Å². The number of rotatable bonds is 7. The Morgan fingerprint density at radius 2 is 2.11 bits per heavy atom. The quantitative estimate of drug-likeness (QED) is 0.607.